The standard InChI is InChI=1S/C18H17NOS/c1-2-12-19-16(13-8-4-3-5-9-13)18-17(20)14-10-6-7-11-15(14)21-18/h3-11,20H,2,12H2,1H3. The molecule has 0 radical (unpaired) electrons. The predicted molar refractivity (Wildman–Crippen MR) is 90.7 cm³/mol. The van der Waals surface area contributed by atoms with Gasteiger partial charge in [-0.05, 0) is 18.6 Å². The summed E-state index contributed by atoms with van der Waals surface area (Å²) in [6.07, 6.45) is 0.988. The van der Waals surface area contributed by atoms with Crippen LogP contribution in [-0.4, -0.2) is 17.4 Å². The molecule has 0 saturated heterocycles. The predicted octanol–water partition coefficient (Wildman–Crippen LogP) is 4.85. The second kappa shape index (κ2) is 6.10. The van der Waals surface area contributed by atoms with Gasteiger partial charge in [0.15, 0.2) is 0 Å². The molecule has 0 aliphatic carbocycles. The number of rotatable bonds is 4. The fourth-order valence-corrected chi connectivity index (χ4v) is 3.43. The van der Waals surface area contributed by atoms with Crippen molar-refractivity contribution in [3.05, 3.63) is 65.0 Å². The first-order valence-corrected chi connectivity index (χ1v) is 7.93. The smallest absolute Gasteiger partial charge is 0.143 e. The molecule has 3 heteroatoms. The molecule has 0 spiro atoms. The zero-order valence-electron chi connectivity index (χ0n) is 11.9. The molecule has 0 aliphatic rings. The summed E-state index contributed by atoms with van der Waals surface area (Å²) in [5.41, 5.74) is 1.93. The molecule has 1 N–H and O–H groups in total. The molecule has 21 heavy (non-hydrogen) atoms. The molecule has 0 fully saturated rings. The Morgan fingerprint density at radius 3 is 2.48 bits per heavy atom. The molecule has 2 aromatic carbocycles. The number of thiophene rings is 1. The molecular formula is C18H17NOS. The maximum Gasteiger partial charge on any atom is 0.143 e. The zero-order chi connectivity index (χ0) is 14.7. The van der Waals surface area contributed by atoms with E-state index in [1.165, 1.54) is 0 Å². The van der Waals surface area contributed by atoms with Gasteiger partial charge >= 0.3 is 0 Å². The molecule has 0 atom stereocenters. The number of hydrogen-bond donors (Lipinski definition) is 1. The van der Waals surface area contributed by atoms with E-state index in [2.05, 4.69) is 6.92 Å². The van der Waals surface area contributed by atoms with E-state index in [9.17, 15) is 5.11 Å². The van der Waals surface area contributed by atoms with Gasteiger partial charge in [0, 0.05) is 22.2 Å². The summed E-state index contributed by atoms with van der Waals surface area (Å²) in [7, 11) is 0. The maximum atomic E-state index is 10.6. The number of aliphatic imine (C=N–C) groups is 1. The van der Waals surface area contributed by atoms with E-state index >= 15 is 0 Å². The second-order valence-electron chi connectivity index (χ2n) is 4.87. The van der Waals surface area contributed by atoms with Gasteiger partial charge in [0.05, 0.1) is 10.6 Å². The Morgan fingerprint density at radius 1 is 1.05 bits per heavy atom. The highest BCUT2D eigenvalue weighted by Gasteiger charge is 2.17. The minimum absolute atomic E-state index is 0.342. The fraction of sp³-hybridized carbons (Fsp3) is 0.167. The van der Waals surface area contributed by atoms with Crippen LogP contribution in [0.15, 0.2) is 59.6 Å². The van der Waals surface area contributed by atoms with E-state index in [-0.39, 0.29) is 0 Å². The lowest BCUT2D eigenvalue weighted by molar-refractivity contribution is 0.482. The van der Waals surface area contributed by atoms with Crippen molar-refractivity contribution in [3.63, 3.8) is 0 Å². The highest BCUT2D eigenvalue weighted by Crippen LogP contribution is 2.38. The molecular weight excluding hydrogens is 278 g/mol. The second-order valence-corrected chi connectivity index (χ2v) is 5.92. The summed E-state index contributed by atoms with van der Waals surface area (Å²) in [5, 5.41) is 11.5. The molecule has 0 amide bonds. The first kappa shape index (κ1) is 13.8. The summed E-state index contributed by atoms with van der Waals surface area (Å²) in [5.74, 6) is 0.342. The first-order valence-electron chi connectivity index (χ1n) is 7.12. The van der Waals surface area contributed by atoms with Crippen molar-refractivity contribution in [2.75, 3.05) is 6.54 Å². The van der Waals surface area contributed by atoms with E-state index in [1.807, 2.05) is 54.6 Å². The minimum atomic E-state index is 0.342. The Hall–Kier alpha value is -2.13. The Balaban J connectivity index is 2.17. The molecule has 3 aromatic rings. The van der Waals surface area contributed by atoms with Crippen molar-refractivity contribution in [2.24, 2.45) is 4.99 Å². The van der Waals surface area contributed by atoms with Crippen LogP contribution in [0.3, 0.4) is 0 Å². The Morgan fingerprint density at radius 2 is 1.76 bits per heavy atom. The molecule has 0 saturated carbocycles. The number of aromatic hydroxyl groups is 1. The van der Waals surface area contributed by atoms with Crippen LogP contribution in [0, 0.1) is 0 Å². The number of benzene rings is 2. The van der Waals surface area contributed by atoms with Crippen LogP contribution in [0.1, 0.15) is 23.8 Å². The van der Waals surface area contributed by atoms with E-state index in [0.717, 1.165) is 39.2 Å². The molecule has 0 unspecified atom stereocenters. The third kappa shape index (κ3) is 2.69. The van der Waals surface area contributed by atoms with Crippen LogP contribution in [0.2, 0.25) is 0 Å². The van der Waals surface area contributed by atoms with Gasteiger partial charge in [-0.3, -0.25) is 4.99 Å². The average molecular weight is 295 g/mol. The molecule has 106 valence electrons. The van der Waals surface area contributed by atoms with Gasteiger partial charge in [0.2, 0.25) is 0 Å². The van der Waals surface area contributed by atoms with Gasteiger partial charge in [-0.2, -0.15) is 0 Å². The van der Waals surface area contributed by atoms with E-state index in [4.69, 9.17) is 4.99 Å². The molecule has 2 nitrogen and oxygen atoms in total. The monoisotopic (exact) mass is 295 g/mol. The van der Waals surface area contributed by atoms with Gasteiger partial charge < -0.3 is 5.11 Å². The van der Waals surface area contributed by atoms with Crippen LogP contribution < -0.4 is 0 Å². The summed E-state index contributed by atoms with van der Waals surface area (Å²) < 4.78 is 1.09. The van der Waals surface area contributed by atoms with Crippen LogP contribution in [0.25, 0.3) is 10.1 Å². The van der Waals surface area contributed by atoms with Crippen molar-refractivity contribution in [1.82, 2.24) is 0 Å². The Kier molecular flexibility index (Phi) is 4.02. The minimum Gasteiger partial charge on any atom is -0.506 e. The summed E-state index contributed by atoms with van der Waals surface area (Å²) in [6.45, 7) is 2.87. The lowest BCUT2D eigenvalue weighted by Gasteiger charge is -2.05. The zero-order valence-corrected chi connectivity index (χ0v) is 12.7. The Bertz CT molecular complexity index is 774. The third-order valence-electron chi connectivity index (χ3n) is 3.33. The number of hydrogen-bond acceptors (Lipinski definition) is 3. The summed E-state index contributed by atoms with van der Waals surface area (Å²) in [4.78, 5) is 5.56. The van der Waals surface area contributed by atoms with Gasteiger partial charge in [-0.25, -0.2) is 0 Å². The van der Waals surface area contributed by atoms with Gasteiger partial charge in [0.25, 0.3) is 0 Å². The van der Waals surface area contributed by atoms with E-state index in [0.29, 0.717) is 5.75 Å². The van der Waals surface area contributed by atoms with Crippen molar-refractivity contribution in [1.29, 1.82) is 0 Å². The summed E-state index contributed by atoms with van der Waals surface area (Å²) >= 11 is 1.60. The molecule has 1 aromatic heterocycles. The van der Waals surface area contributed by atoms with Gasteiger partial charge in [-0.1, -0.05) is 49.4 Å². The topological polar surface area (TPSA) is 32.6 Å². The van der Waals surface area contributed by atoms with Crippen LogP contribution in [0.5, 0.6) is 5.75 Å². The van der Waals surface area contributed by atoms with Gasteiger partial charge in [0.1, 0.15) is 5.75 Å². The largest absolute Gasteiger partial charge is 0.506 e. The highest BCUT2D eigenvalue weighted by atomic mass is 32.1. The normalized spacial score (nSPS) is 12.0. The molecule has 0 bridgehead atoms. The molecule has 3 rings (SSSR count). The van der Waals surface area contributed by atoms with E-state index < -0.39 is 0 Å². The SMILES string of the molecule is CCCN=C(c1ccccc1)c1sc2ccccc2c1O. The van der Waals surface area contributed by atoms with Gasteiger partial charge in [-0.15, -0.1) is 11.3 Å². The van der Waals surface area contributed by atoms with Crippen LogP contribution >= 0.6 is 11.3 Å². The highest BCUT2D eigenvalue weighted by molar-refractivity contribution is 7.21. The van der Waals surface area contributed by atoms with Crippen molar-refractivity contribution < 1.29 is 5.11 Å². The van der Waals surface area contributed by atoms with Crippen molar-refractivity contribution in [2.45, 2.75) is 13.3 Å². The number of nitrogens with zero attached hydrogens (tertiary/aromatic N) is 1. The quantitative estimate of drug-likeness (QED) is 0.685. The lowest BCUT2D eigenvalue weighted by atomic mass is 10.1. The van der Waals surface area contributed by atoms with Crippen LogP contribution in [-0.2, 0) is 0 Å². The average Bonchev–Trinajstić information content (AvgIpc) is 2.86. The first-order chi connectivity index (χ1) is 10.3. The fourth-order valence-electron chi connectivity index (χ4n) is 2.31. The maximum absolute atomic E-state index is 10.6. The number of fused-ring (bicyclic) bond motifs is 1. The summed E-state index contributed by atoms with van der Waals surface area (Å²) in [6, 6.07) is 18.0. The van der Waals surface area contributed by atoms with Crippen LogP contribution in [0.4, 0.5) is 0 Å². The van der Waals surface area contributed by atoms with Crippen molar-refractivity contribution >= 4 is 27.1 Å². The van der Waals surface area contributed by atoms with E-state index in [1.54, 1.807) is 11.3 Å². The Labute approximate surface area is 128 Å². The molecule has 0 aliphatic heterocycles. The third-order valence-corrected chi connectivity index (χ3v) is 4.49. The lowest BCUT2D eigenvalue weighted by Crippen LogP contribution is -2.02. The molecule has 1 heterocycles. The van der Waals surface area contributed by atoms with Crippen molar-refractivity contribution in [3.8, 4) is 5.75 Å².